The smallest absolute Gasteiger partial charge is 0.223 e. The van der Waals surface area contributed by atoms with Crippen molar-refractivity contribution in [1.82, 2.24) is 14.9 Å². The van der Waals surface area contributed by atoms with Gasteiger partial charge in [-0.3, -0.25) is 4.79 Å². The number of nitrogens with zero attached hydrogens (tertiary/aromatic N) is 2. The summed E-state index contributed by atoms with van der Waals surface area (Å²) < 4.78 is 0. The van der Waals surface area contributed by atoms with E-state index in [2.05, 4.69) is 48.1 Å². The predicted molar refractivity (Wildman–Crippen MR) is 92.0 cm³/mol. The fourth-order valence-electron chi connectivity index (χ4n) is 3.34. The van der Waals surface area contributed by atoms with Gasteiger partial charge in [0.15, 0.2) is 0 Å². The van der Waals surface area contributed by atoms with Gasteiger partial charge in [-0.15, -0.1) is 0 Å². The van der Waals surface area contributed by atoms with Gasteiger partial charge in [-0.2, -0.15) is 0 Å². The van der Waals surface area contributed by atoms with Crippen molar-refractivity contribution in [3.8, 4) is 11.3 Å². The molecule has 0 bridgehead atoms. The number of aromatic amines is 1. The first-order valence-corrected chi connectivity index (χ1v) is 8.60. The maximum absolute atomic E-state index is 12.4. The lowest BCUT2D eigenvalue weighted by Gasteiger charge is -2.34. The average molecular weight is 311 g/mol. The number of likely N-dealkylation sites (tertiary alicyclic amines) is 1. The topological polar surface area (TPSA) is 49.0 Å². The third-order valence-corrected chi connectivity index (χ3v) is 4.53. The number of rotatable bonds is 4. The van der Waals surface area contributed by atoms with Crippen LogP contribution in [-0.4, -0.2) is 27.3 Å². The van der Waals surface area contributed by atoms with Crippen LogP contribution >= 0.6 is 0 Å². The standard InChI is InChI=1S/C19H25N3O/c1-3-7-18(23)22-11-5-4-10-17(22)19-20-13-16(21-19)15-9-6-8-14(2)12-15/h6,8-9,12-13,17H,3-5,7,10-11H2,1-2H3,(H,20,21). The van der Waals surface area contributed by atoms with E-state index < -0.39 is 0 Å². The molecule has 1 atom stereocenters. The molecule has 23 heavy (non-hydrogen) atoms. The van der Waals surface area contributed by atoms with Crippen LogP contribution in [0.1, 0.15) is 56.5 Å². The third-order valence-electron chi connectivity index (χ3n) is 4.53. The summed E-state index contributed by atoms with van der Waals surface area (Å²) in [6, 6.07) is 8.49. The number of H-pyrrole nitrogens is 1. The largest absolute Gasteiger partial charge is 0.340 e. The monoisotopic (exact) mass is 311 g/mol. The van der Waals surface area contributed by atoms with E-state index in [0.717, 1.165) is 49.3 Å². The number of amides is 1. The highest BCUT2D eigenvalue weighted by molar-refractivity contribution is 5.76. The molecule has 1 amide bonds. The molecular weight excluding hydrogens is 286 g/mol. The molecule has 1 saturated heterocycles. The SMILES string of the molecule is CCCC(=O)N1CCCCC1c1ncc(-c2cccc(C)c2)[nH]1. The van der Waals surface area contributed by atoms with Crippen molar-refractivity contribution in [2.45, 2.75) is 52.0 Å². The Morgan fingerprint density at radius 1 is 1.39 bits per heavy atom. The molecular formula is C19H25N3O. The van der Waals surface area contributed by atoms with Crippen LogP contribution in [-0.2, 0) is 4.79 Å². The van der Waals surface area contributed by atoms with Gasteiger partial charge in [-0.1, -0.05) is 30.7 Å². The minimum absolute atomic E-state index is 0.0985. The summed E-state index contributed by atoms with van der Waals surface area (Å²) >= 11 is 0. The Morgan fingerprint density at radius 3 is 3.04 bits per heavy atom. The van der Waals surface area contributed by atoms with Gasteiger partial charge in [0, 0.05) is 13.0 Å². The first-order valence-electron chi connectivity index (χ1n) is 8.60. The molecule has 2 aromatic rings. The molecule has 0 radical (unpaired) electrons. The van der Waals surface area contributed by atoms with E-state index in [-0.39, 0.29) is 11.9 Å². The van der Waals surface area contributed by atoms with Gasteiger partial charge in [-0.25, -0.2) is 4.98 Å². The van der Waals surface area contributed by atoms with Crippen LogP contribution in [0.5, 0.6) is 0 Å². The molecule has 0 spiro atoms. The van der Waals surface area contributed by atoms with Crippen LogP contribution in [0.4, 0.5) is 0 Å². The fourth-order valence-corrected chi connectivity index (χ4v) is 3.34. The molecule has 1 aromatic carbocycles. The molecule has 1 fully saturated rings. The quantitative estimate of drug-likeness (QED) is 0.918. The van der Waals surface area contributed by atoms with Gasteiger partial charge in [0.1, 0.15) is 5.82 Å². The maximum atomic E-state index is 12.4. The van der Waals surface area contributed by atoms with Gasteiger partial charge < -0.3 is 9.88 Å². The molecule has 122 valence electrons. The number of carbonyl (C=O) groups is 1. The van der Waals surface area contributed by atoms with Crippen LogP contribution < -0.4 is 0 Å². The normalized spacial score (nSPS) is 18.2. The molecule has 3 rings (SSSR count). The lowest BCUT2D eigenvalue weighted by atomic mass is 10.0. The van der Waals surface area contributed by atoms with Crippen molar-refractivity contribution in [3.63, 3.8) is 0 Å². The molecule has 0 aliphatic carbocycles. The van der Waals surface area contributed by atoms with E-state index in [0.29, 0.717) is 6.42 Å². The molecule has 1 unspecified atom stereocenters. The van der Waals surface area contributed by atoms with E-state index >= 15 is 0 Å². The van der Waals surface area contributed by atoms with Crippen molar-refractivity contribution in [1.29, 1.82) is 0 Å². The van der Waals surface area contributed by atoms with Crippen LogP contribution in [0, 0.1) is 6.92 Å². The summed E-state index contributed by atoms with van der Waals surface area (Å²) in [5, 5.41) is 0. The highest BCUT2D eigenvalue weighted by atomic mass is 16.2. The molecule has 1 aliphatic heterocycles. The number of nitrogens with one attached hydrogen (secondary N) is 1. The lowest BCUT2D eigenvalue weighted by molar-refractivity contribution is -0.135. The number of aromatic nitrogens is 2. The van der Waals surface area contributed by atoms with Gasteiger partial charge in [0.2, 0.25) is 5.91 Å². The molecule has 2 heterocycles. The molecule has 1 N–H and O–H groups in total. The highest BCUT2D eigenvalue weighted by Gasteiger charge is 2.29. The van der Waals surface area contributed by atoms with Crippen LogP contribution in [0.3, 0.4) is 0 Å². The van der Waals surface area contributed by atoms with E-state index in [1.54, 1.807) is 0 Å². The van der Waals surface area contributed by atoms with Crippen molar-refractivity contribution in [2.75, 3.05) is 6.54 Å². The summed E-state index contributed by atoms with van der Waals surface area (Å²) in [7, 11) is 0. The van der Waals surface area contributed by atoms with Crippen LogP contribution in [0.25, 0.3) is 11.3 Å². The zero-order valence-electron chi connectivity index (χ0n) is 14.0. The Hall–Kier alpha value is -2.10. The summed E-state index contributed by atoms with van der Waals surface area (Å²) in [5.41, 5.74) is 3.40. The first-order chi connectivity index (χ1) is 11.2. The minimum atomic E-state index is 0.0985. The van der Waals surface area contributed by atoms with Crippen molar-refractivity contribution in [3.05, 3.63) is 41.9 Å². The Morgan fingerprint density at radius 2 is 2.26 bits per heavy atom. The number of hydrogen-bond acceptors (Lipinski definition) is 2. The van der Waals surface area contributed by atoms with E-state index in [9.17, 15) is 4.79 Å². The number of hydrogen-bond donors (Lipinski definition) is 1. The Balaban J connectivity index is 1.84. The number of benzene rings is 1. The zero-order valence-corrected chi connectivity index (χ0v) is 14.0. The van der Waals surface area contributed by atoms with Crippen molar-refractivity contribution >= 4 is 5.91 Å². The van der Waals surface area contributed by atoms with E-state index in [1.165, 1.54) is 5.56 Å². The summed E-state index contributed by atoms with van der Waals surface area (Å²) in [5.74, 6) is 1.18. The molecule has 0 saturated carbocycles. The second kappa shape index (κ2) is 6.99. The first kappa shape index (κ1) is 15.8. The summed E-state index contributed by atoms with van der Waals surface area (Å²) in [6.45, 7) is 5.00. The maximum Gasteiger partial charge on any atom is 0.223 e. The second-order valence-corrected chi connectivity index (χ2v) is 6.40. The lowest BCUT2D eigenvalue weighted by Crippen LogP contribution is -2.38. The van der Waals surface area contributed by atoms with E-state index in [4.69, 9.17) is 0 Å². The molecule has 4 heteroatoms. The zero-order chi connectivity index (χ0) is 16.2. The van der Waals surface area contributed by atoms with Gasteiger partial charge in [0.25, 0.3) is 0 Å². The van der Waals surface area contributed by atoms with Crippen LogP contribution in [0.2, 0.25) is 0 Å². The molecule has 1 aromatic heterocycles. The predicted octanol–water partition coefficient (Wildman–Crippen LogP) is 4.24. The highest BCUT2D eigenvalue weighted by Crippen LogP contribution is 2.31. The number of carbonyl (C=O) groups excluding carboxylic acids is 1. The second-order valence-electron chi connectivity index (χ2n) is 6.40. The van der Waals surface area contributed by atoms with Gasteiger partial charge in [-0.05, 0) is 44.2 Å². The summed E-state index contributed by atoms with van der Waals surface area (Å²) in [4.78, 5) is 22.4. The number of imidazole rings is 1. The fraction of sp³-hybridized carbons (Fsp3) is 0.474. The average Bonchev–Trinajstić information content (AvgIpc) is 3.05. The Bertz CT molecular complexity index is 677. The third kappa shape index (κ3) is 3.46. The minimum Gasteiger partial charge on any atom is -0.340 e. The Labute approximate surface area is 137 Å². The van der Waals surface area contributed by atoms with Gasteiger partial charge in [0.05, 0.1) is 17.9 Å². The number of aryl methyl sites for hydroxylation is 1. The van der Waals surface area contributed by atoms with Crippen LogP contribution in [0.15, 0.2) is 30.5 Å². The Kier molecular flexibility index (Phi) is 4.79. The van der Waals surface area contributed by atoms with Gasteiger partial charge >= 0.3 is 0 Å². The van der Waals surface area contributed by atoms with Crippen molar-refractivity contribution < 1.29 is 4.79 Å². The molecule has 4 nitrogen and oxygen atoms in total. The molecule has 1 aliphatic rings. The van der Waals surface area contributed by atoms with E-state index in [1.807, 2.05) is 11.1 Å². The number of piperidine rings is 1. The summed E-state index contributed by atoms with van der Waals surface area (Å²) in [6.07, 6.45) is 6.66. The van der Waals surface area contributed by atoms with Crippen molar-refractivity contribution in [2.24, 2.45) is 0 Å².